The molecular formula is C14H19ClN2O. The molecule has 1 heterocycles. The van der Waals surface area contributed by atoms with Gasteiger partial charge in [-0.2, -0.15) is 0 Å². The molecular weight excluding hydrogens is 248 g/mol. The van der Waals surface area contributed by atoms with Gasteiger partial charge in [-0.3, -0.25) is 4.90 Å². The number of hydrogen-bond acceptors (Lipinski definition) is 3. The monoisotopic (exact) mass is 266 g/mol. The average molecular weight is 267 g/mol. The van der Waals surface area contributed by atoms with Crippen molar-refractivity contribution in [3.05, 3.63) is 40.4 Å². The molecule has 1 aliphatic heterocycles. The van der Waals surface area contributed by atoms with E-state index < -0.39 is 0 Å². The van der Waals surface area contributed by atoms with Crippen LogP contribution in [0.15, 0.2) is 29.8 Å². The van der Waals surface area contributed by atoms with Gasteiger partial charge < -0.3 is 10.5 Å². The van der Waals surface area contributed by atoms with E-state index in [4.69, 9.17) is 22.1 Å². The third-order valence-corrected chi connectivity index (χ3v) is 3.52. The fraction of sp³-hybridized carbons (Fsp3) is 0.429. The van der Waals surface area contributed by atoms with Crippen molar-refractivity contribution in [2.45, 2.75) is 13.0 Å². The van der Waals surface area contributed by atoms with Crippen LogP contribution in [0, 0.1) is 0 Å². The van der Waals surface area contributed by atoms with E-state index in [9.17, 15) is 0 Å². The fourth-order valence-electron chi connectivity index (χ4n) is 2.14. The minimum atomic E-state index is 0.639. The van der Waals surface area contributed by atoms with E-state index in [1.807, 2.05) is 18.2 Å². The topological polar surface area (TPSA) is 38.5 Å². The van der Waals surface area contributed by atoms with Crippen molar-refractivity contribution < 1.29 is 4.74 Å². The Morgan fingerprint density at radius 2 is 2.28 bits per heavy atom. The summed E-state index contributed by atoms with van der Waals surface area (Å²) >= 11 is 6.02. The van der Waals surface area contributed by atoms with E-state index in [1.54, 1.807) is 7.11 Å². The van der Waals surface area contributed by atoms with Gasteiger partial charge in [0.2, 0.25) is 0 Å². The molecule has 0 fully saturated rings. The van der Waals surface area contributed by atoms with Crippen molar-refractivity contribution in [2.24, 2.45) is 0 Å². The predicted molar refractivity (Wildman–Crippen MR) is 75.7 cm³/mol. The van der Waals surface area contributed by atoms with Crippen LogP contribution in [0.3, 0.4) is 0 Å². The first-order chi connectivity index (χ1) is 8.69. The first kappa shape index (κ1) is 13.4. The van der Waals surface area contributed by atoms with Gasteiger partial charge in [-0.05, 0) is 29.7 Å². The molecule has 0 aliphatic carbocycles. The summed E-state index contributed by atoms with van der Waals surface area (Å²) in [6, 6.07) is 5.86. The van der Waals surface area contributed by atoms with Crippen LogP contribution in [0.2, 0.25) is 5.02 Å². The fourth-order valence-corrected chi connectivity index (χ4v) is 2.34. The quantitative estimate of drug-likeness (QED) is 0.673. The number of ether oxygens (including phenoxy) is 1. The Balaban J connectivity index is 1.93. The van der Waals surface area contributed by atoms with Gasteiger partial charge in [-0.1, -0.05) is 23.7 Å². The van der Waals surface area contributed by atoms with Crippen LogP contribution in [0.4, 0.5) is 5.69 Å². The van der Waals surface area contributed by atoms with E-state index in [-0.39, 0.29) is 0 Å². The highest BCUT2D eigenvalue weighted by molar-refractivity contribution is 6.33. The van der Waals surface area contributed by atoms with Crippen molar-refractivity contribution >= 4 is 17.3 Å². The molecule has 0 spiro atoms. The van der Waals surface area contributed by atoms with Crippen LogP contribution in [0.5, 0.6) is 0 Å². The third-order valence-electron chi connectivity index (χ3n) is 3.19. The molecule has 0 aromatic heterocycles. The lowest BCUT2D eigenvalue weighted by Gasteiger charge is -2.26. The second-order valence-corrected chi connectivity index (χ2v) is 5.04. The Morgan fingerprint density at radius 3 is 2.89 bits per heavy atom. The maximum atomic E-state index is 6.02. The van der Waals surface area contributed by atoms with Crippen molar-refractivity contribution in [3.63, 3.8) is 0 Å². The zero-order valence-corrected chi connectivity index (χ0v) is 11.4. The van der Waals surface area contributed by atoms with Gasteiger partial charge >= 0.3 is 0 Å². The summed E-state index contributed by atoms with van der Waals surface area (Å²) in [5.74, 6) is 0. The summed E-state index contributed by atoms with van der Waals surface area (Å²) in [6.45, 7) is 3.70. The van der Waals surface area contributed by atoms with E-state index in [2.05, 4.69) is 11.0 Å². The van der Waals surface area contributed by atoms with E-state index >= 15 is 0 Å². The number of methoxy groups -OCH3 is 1. The number of nitrogen functional groups attached to an aromatic ring is 1. The number of anilines is 1. The largest absolute Gasteiger partial charge is 0.398 e. The van der Waals surface area contributed by atoms with Crippen LogP contribution in [0.25, 0.3) is 0 Å². The molecule has 98 valence electrons. The molecule has 4 heteroatoms. The van der Waals surface area contributed by atoms with E-state index in [0.29, 0.717) is 10.7 Å². The first-order valence-electron chi connectivity index (χ1n) is 6.12. The van der Waals surface area contributed by atoms with Crippen LogP contribution in [0.1, 0.15) is 12.0 Å². The Labute approximate surface area is 113 Å². The molecule has 3 nitrogen and oxygen atoms in total. The minimum absolute atomic E-state index is 0.639. The van der Waals surface area contributed by atoms with Gasteiger partial charge in [0.25, 0.3) is 0 Å². The zero-order valence-electron chi connectivity index (χ0n) is 10.7. The number of rotatable bonds is 4. The summed E-state index contributed by atoms with van der Waals surface area (Å²) in [7, 11) is 1.74. The van der Waals surface area contributed by atoms with Gasteiger partial charge in [0.05, 0.1) is 17.3 Å². The van der Waals surface area contributed by atoms with Crippen molar-refractivity contribution in [1.29, 1.82) is 0 Å². The Morgan fingerprint density at radius 1 is 1.44 bits per heavy atom. The smallest absolute Gasteiger partial charge is 0.0673 e. The normalized spacial score (nSPS) is 16.7. The summed E-state index contributed by atoms with van der Waals surface area (Å²) in [6.07, 6.45) is 3.34. The maximum Gasteiger partial charge on any atom is 0.0673 e. The van der Waals surface area contributed by atoms with Gasteiger partial charge in [0.1, 0.15) is 0 Å². The number of nitrogens with zero attached hydrogens (tertiary/aromatic N) is 1. The molecule has 1 aromatic carbocycles. The molecule has 2 N–H and O–H groups in total. The van der Waals surface area contributed by atoms with E-state index in [1.165, 1.54) is 11.1 Å². The molecule has 0 amide bonds. The number of hydrogen-bond donors (Lipinski definition) is 1. The molecule has 0 unspecified atom stereocenters. The molecule has 1 aromatic rings. The molecule has 0 saturated heterocycles. The number of benzene rings is 1. The second-order valence-electron chi connectivity index (χ2n) is 4.64. The Bertz CT molecular complexity index is 445. The number of nitrogens with two attached hydrogens (primary N) is 1. The molecule has 18 heavy (non-hydrogen) atoms. The highest BCUT2D eigenvalue weighted by Gasteiger charge is 2.12. The standard InChI is InChI=1S/C14H19ClN2O/c1-18-10-11-4-6-17(7-5-11)9-12-2-3-14(16)13(15)8-12/h2-4,8H,5-7,9-10,16H2,1H3. The zero-order chi connectivity index (χ0) is 13.0. The van der Waals surface area contributed by atoms with Gasteiger partial charge in [0.15, 0.2) is 0 Å². The van der Waals surface area contributed by atoms with Crippen LogP contribution in [-0.2, 0) is 11.3 Å². The van der Waals surface area contributed by atoms with Crippen LogP contribution >= 0.6 is 11.6 Å². The second kappa shape index (κ2) is 6.23. The SMILES string of the molecule is COCC1=CCN(Cc2ccc(N)c(Cl)c2)CC1. The maximum absolute atomic E-state index is 6.02. The lowest BCUT2D eigenvalue weighted by Crippen LogP contribution is -2.29. The molecule has 0 atom stereocenters. The van der Waals surface area contributed by atoms with Crippen LogP contribution in [-0.4, -0.2) is 31.7 Å². The molecule has 0 radical (unpaired) electrons. The Hall–Kier alpha value is -1.03. The van der Waals surface area contributed by atoms with Crippen molar-refractivity contribution in [3.8, 4) is 0 Å². The molecule has 0 saturated carbocycles. The highest BCUT2D eigenvalue weighted by Crippen LogP contribution is 2.21. The van der Waals surface area contributed by atoms with Crippen molar-refractivity contribution in [1.82, 2.24) is 4.90 Å². The van der Waals surface area contributed by atoms with Crippen molar-refractivity contribution in [2.75, 3.05) is 32.5 Å². The summed E-state index contributed by atoms with van der Waals surface area (Å²) in [5, 5.41) is 0.639. The molecule has 2 rings (SSSR count). The average Bonchev–Trinajstić information content (AvgIpc) is 2.37. The predicted octanol–water partition coefficient (Wildman–Crippen LogP) is 2.70. The number of halogens is 1. The van der Waals surface area contributed by atoms with Crippen LogP contribution < -0.4 is 5.73 Å². The minimum Gasteiger partial charge on any atom is -0.398 e. The summed E-state index contributed by atoms with van der Waals surface area (Å²) in [4.78, 5) is 2.39. The molecule has 0 bridgehead atoms. The lowest BCUT2D eigenvalue weighted by atomic mass is 10.1. The van der Waals surface area contributed by atoms with E-state index in [0.717, 1.165) is 32.7 Å². The lowest BCUT2D eigenvalue weighted by molar-refractivity contribution is 0.210. The third kappa shape index (κ3) is 3.48. The van der Waals surface area contributed by atoms with Gasteiger partial charge in [0, 0.05) is 26.7 Å². The highest BCUT2D eigenvalue weighted by atomic mass is 35.5. The van der Waals surface area contributed by atoms with Gasteiger partial charge in [-0.25, -0.2) is 0 Å². The molecule has 1 aliphatic rings. The summed E-state index contributed by atoms with van der Waals surface area (Å²) < 4.78 is 5.15. The van der Waals surface area contributed by atoms with Gasteiger partial charge in [-0.15, -0.1) is 0 Å². The summed E-state index contributed by atoms with van der Waals surface area (Å²) in [5.41, 5.74) is 8.94. The first-order valence-corrected chi connectivity index (χ1v) is 6.50. The Kier molecular flexibility index (Phi) is 4.64.